The maximum Gasteiger partial charge on any atom is 0.335 e. The fourth-order valence-electron chi connectivity index (χ4n) is 4.18. The van der Waals surface area contributed by atoms with Gasteiger partial charge in [-0.25, -0.2) is 9.69 Å². The van der Waals surface area contributed by atoms with Crippen molar-refractivity contribution in [3.05, 3.63) is 123 Å². The largest absolute Gasteiger partial charge is 0.493 e. The van der Waals surface area contributed by atoms with Gasteiger partial charge in [0, 0.05) is 15.6 Å². The quantitative estimate of drug-likeness (QED) is 0.167. The molecule has 0 radical (unpaired) electrons. The molecule has 0 bridgehead atoms. The summed E-state index contributed by atoms with van der Waals surface area (Å²) in [7, 11) is 1.47. The monoisotopic (exact) mass is 602 g/mol. The Morgan fingerprint density at radius 3 is 2.29 bits per heavy atom. The number of hydrogen-bond acceptors (Lipinski definition) is 6. The van der Waals surface area contributed by atoms with Crippen LogP contribution in [0.3, 0.4) is 0 Å². The fraction of sp³-hybridized carbons (Fsp3) is 0.0938. The summed E-state index contributed by atoms with van der Waals surface area (Å²) in [5, 5.41) is 3.22. The summed E-state index contributed by atoms with van der Waals surface area (Å²) < 4.78 is 17.1. The van der Waals surface area contributed by atoms with E-state index in [2.05, 4.69) is 5.32 Å². The number of nitrogens with one attached hydrogen (secondary N) is 1. The lowest BCUT2D eigenvalue weighted by atomic mass is 10.1. The third-order valence-corrected chi connectivity index (χ3v) is 6.93. The van der Waals surface area contributed by atoms with Crippen molar-refractivity contribution < 1.29 is 28.6 Å². The van der Waals surface area contributed by atoms with Gasteiger partial charge in [0.15, 0.2) is 11.5 Å². The summed E-state index contributed by atoms with van der Waals surface area (Å²) in [5.74, 6) is -0.209. The average molecular weight is 603 g/mol. The molecule has 0 atom stereocenters. The molecule has 5 rings (SSSR count). The Balaban J connectivity index is 1.32. The fourth-order valence-corrected chi connectivity index (χ4v) is 4.64. The second-order valence-electron chi connectivity index (χ2n) is 9.16. The van der Waals surface area contributed by atoms with E-state index < -0.39 is 17.8 Å². The maximum atomic E-state index is 13.4. The van der Waals surface area contributed by atoms with Crippen LogP contribution >= 0.6 is 23.2 Å². The highest BCUT2D eigenvalue weighted by Crippen LogP contribution is 2.32. The molecule has 42 heavy (non-hydrogen) atoms. The Morgan fingerprint density at radius 1 is 0.810 bits per heavy atom. The summed E-state index contributed by atoms with van der Waals surface area (Å²) in [6.07, 6.45) is 1.39. The van der Waals surface area contributed by atoms with Gasteiger partial charge in [-0.3, -0.25) is 14.9 Å². The van der Waals surface area contributed by atoms with Gasteiger partial charge in [-0.15, -0.1) is 0 Å². The average Bonchev–Trinajstić information content (AvgIpc) is 2.99. The molecule has 212 valence electrons. The number of benzene rings is 4. The third kappa shape index (κ3) is 6.57. The molecule has 4 amide bonds. The summed E-state index contributed by atoms with van der Waals surface area (Å²) >= 11 is 12.2. The SMILES string of the molecule is COc1cc(/C=C2\C(=O)NC(=O)N(c3ccc(OCc4ccccc4)cc3)C2=O)ccc1OCc1ccc(Cl)cc1Cl. The maximum absolute atomic E-state index is 13.4. The van der Waals surface area contributed by atoms with Crippen LogP contribution < -0.4 is 24.4 Å². The van der Waals surface area contributed by atoms with Gasteiger partial charge in [-0.2, -0.15) is 0 Å². The lowest BCUT2D eigenvalue weighted by molar-refractivity contribution is -0.122. The number of anilines is 1. The van der Waals surface area contributed by atoms with Crippen molar-refractivity contribution in [2.45, 2.75) is 13.2 Å². The van der Waals surface area contributed by atoms with E-state index in [9.17, 15) is 14.4 Å². The van der Waals surface area contributed by atoms with E-state index in [0.29, 0.717) is 39.5 Å². The smallest absolute Gasteiger partial charge is 0.335 e. The zero-order chi connectivity index (χ0) is 29.6. The highest BCUT2D eigenvalue weighted by molar-refractivity contribution is 6.39. The molecule has 0 saturated carbocycles. The first kappa shape index (κ1) is 28.7. The number of ether oxygens (including phenoxy) is 3. The van der Waals surface area contributed by atoms with Gasteiger partial charge in [0.1, 0.15) is 24.5 Å². The van der Waals surface area contributed by atoms with Crippen LogP contribution in [0.25, 0.3) is 6.08 Å². The number of methoxy groups -OCH3 is 1. The molecule has 4 aromatic rings. The van der Waals surface area contributed by atoms with Gasteiger partial charge >= 0.3 is 6.03 Å². The number of amides is 4. The highest BCUT2D eigenvalue weighted by atomic mass is 35.5. The molecular formula is C32H24Cl2N2O6. The number of hydrogen-bond donors (Lipinski definition) is 1. The number of carbonyl (C=O) groups is 3. The Morgan fingerprint density at radius 2 is 1.57 bits per heavy atom. The summed E-state index contributed by atoms with van der Waals surface area (Å²) in [5.41, 5.74) is 2.29. The molecule has 0 unspecified atom stereocenters. The van der Waals surface area contributed by atoms with E-state index in [1.807, 2.05) is 30.3 Å². The molecule has 8 nitrogen and oxygen atoms in total. The van der Waals surface area contributed by atoms with Gasteiger partial charge < -0.3 is 14.2 Å². The molecule has 4 aromatic carbocycles. The minimum Gasteiger partial charge on any atom is -0.493 e. The van der Waals surface area contributed by atoms with E-state index in [0.717, 1.165) is 16.0 Å². The predicted octanol–water partition coefficient (Wildman–Crippen LogP) is 6.83. The minimum absolute atomic E-state index is 0.168. The topological polar surface area (TPSA) is 94.2 Å². The standard InChI is InChI=1S/C32H24Cl2N2O6/c1-40-29-16-21(7-14-28(29)42-19-22-8-9-23(33)17-27(22)34)15-26-30(37)35-32(39)36(31(26)38)24-10-12-25(13-11-24)41-18-20-5-3-2-4-6-20/h2-17H,18-19H2,1H3,(H,35,37,39)/b26-15+. The van der Waals surface area contributed by atoms with Crippen LogP contribution in [-0.2, 0) is 22.8 Å². The van der Waals surface area contributed by atoms with Crippen LogP contribution in [-0.4, -0.2) is 25.0 Å². The molecule has 1 fully saturated rings. The zero-order valence-corrected chi connectivity index (χ0v) is 23.8. The Labute approximate surface area is 252 Å². The molecule has 10 heteroatoms. The van der Waals surface area contributed by atoms with Gasteiger partial charge in [0.25, 0.3) is 11.8 Å². The van der Waals surface area contributed by atoms with Crippen molar-refractivity contribution in [3.8, 4) is 17.2 Å². The summed E-state index contributed by atoms with van der Waals surface area (Å²) in [4.78, 5) is 39.6. The molecule has 1 aliphatic heterocycles. The number of nitrogens with zero attached hydrogens (tertiary/aromatic N) is 1. The van der Waals surface area contributed by atoms with E-state index in [1.165, 1.54) is 13.2 Å². The first-order valence-corrected chi connectivity index (χ1v) is 13.5. The number of urea groups is 1. The summed E-state index contributed by atoms with van der Waals surface area (Å²) in [6.45, 7) is 0.535. The van der Waals surface area contributed by atoms with E-state index >= 15 is 0 Å². The molecule has 1 heterocycles. The lowest BCUT2D eigenvalue weighted by Crippen LogP contribution is -2.54. The van der Waals surface area contributed by atoms with Gasteiger partial charge in [-0.05, 0) is 65.7 Å². The van der Waals surface area contributed by atoms with Crippen molar-refractivity contribution in [1.29, 1.82) is 0 Å². The number of carbonyl (C=O) groups excluding carboxylic acids is 3. The highest BCUT2D eigenvalue weighted by Gasteiger charge is 2.36. The second kappa shape index (κ2) is 12.8. The Hall–Kier alpha value is -4.79. The van der Waals surface area contributed by atoms with Crippen LogP contribution in [0.4, 0.5) is 10.5 Å². The van der Waals surface area contributed by atoms with Crippen molar-refractivity contribution >= 4 is 52.8 Å². The van der Waals surface area contributed by atoms with Crippen molar-refractivity contribution in [2.75, 3.05) is 12.0 Å². The first-order valence-electron chi connectivity index (χ1n) is 12.8. The molecule has 0 aliphatic carbocycles. The molecule has 0 aromatic heterocycles. The van der Waals surface area contributed by atoms with Crippen LogP contribution in [0.5, 0.6) is 17.2 Å². The van der Waals surface area contributed by atoms with E-state index in [-0.39, 0.29) is 17.9 Å². The molecule has 0 spiro atoms. The van der Waals surface area contributed by atoms with Crippen molar-refractivity contribution in [3.63, 3.8) is 0 Å². The van der Waals surface area contributed by atoms with Crippen molar-refractivity contribution in [2.24, 2.45) is 0 Å². The zero-order valence-electron chi connectivity index (χ0n) is 22.3. The van der Waals surface area contributed by atoms with Gasteiger partial charge in [0.2, 0.25) is 0 Å². The minimum atomic E-state index is -0.845. The predicted molar refractivity (Wildman–Crippen MR) is 160 cm³/mol. The second-order valence-corrected chi connectivity index (χ2v) is 10.0. The van der Waals surface area contributed by atoms with Crippen molar-refractivity contribution in [1.82, 2.24) is 5.32 Å². The molecular weight excluding hydrogens is 579 g/mol. The number of imide groups is 2. The Bertz CT molecular complexity index is 1670. The lowest BCUT2D eigenvalue weighted by Gasteiger charge is -2.26. The van der Waals surface area contributed by atoms with Gasteiger partial charge in [0.05, 0.1) is 12.8 Å². The van der Waals surface area contributed by atoms with E-state index in [1.54, 1.807) is 60.7 Å². The van der Waals surface area contributed by atoms with E-state index in [4.69, 9.17) is 37.4 Å². The van der Waals surface area contributed by atoms with Crippen LogP contribution in [0, 0.1) is 0 Å². The number of rotatable bonds is 9. The van der Waals surface area contributed by atoms with Crippen LogP contribution in [0.2, 0.25) is 10.0 Å². The number of barbiturate groups is 1. The van der Waals surface area contributed by atoms with Crippen LogP contribution in [0.15, 0.2) is 96.6 Å². The normalized spacial score (nSPS) is 14.1. The molecule has 1 saturated heterocycles. The van der Waals surface area contributed by atoms with Gasteiger partial charge in [-0.1, -0.05) is 65.7 Å². The Kier molecular flexibility index (Phi) is 8.76. The molecule has 1 N–H and O–H groups in total. The number of halogens is 2. The van der Waals surface area contributed by atoms with Crippen LogP contribution in [0.1, 0.15) is 16.7 Å². The first-order chi connectivity index (χ1) is 20.3. The summed E-state index contributed by atoms with van der Waals surface area (Å²) in [6, 6.07) is 25.3. The third-order valence-electron chi connectivity index (χ3n) is 6.34. The molecule has 1 aliphatic rings.